The van der Waals surface area contributed by atoms with E-state index in [1.54, 1.807) is 12.1 Å². The maximum absolute atomic E-state index is 11.2. The lowest BCUT2D eigenvalue weighted by Gasteiger charge is -2.24. The summed E-state index contributed by atoms with van der Waals surface area (Å²) in [5, 5.41) is 16.8. The van der Waals surface area contributed by atoms with Crippen LogP contribution in [0.4, 0.5) is 5.69 Å². The highest BCUT2D eigenvalue weighted by Gasteiger charge is 2.09. The van der Waals surface area contributed by atoms with E-state index in [0.29, 0.717) is 13.1 Å². The number of ether oxygens (including phenoxy) is 2. The molecule has 120 valence electrons. The Morgan fingerprint density at radius 3 is 1.83 bits per heavy atom. The minimum atomic E-state index is -0.569. The van der Waals surface area contributed by atoms with Crippen molar-refractivity contribution in [3.05, 3.63) is 30.3 Å². The Balaban J connectivity index is 2.50. The molecule has 7 heteroatoms. The number of nitriles is 2. The van der Waals surface area contributed by atoms with Crippen molar-refractivity contribution in [3.63, 3.8) is 0 Å². The summed E-state index contributed by atoms with van der Waals surface area (Å²) in [5.74, 6) is -1.14. The van der Waals surface area contributed by atoms with Crippen LogP contribution in [0.5, 0.6) is 0 Å². The first-order valence-corrected chi connectivity index (χ1v) is 7.02. The Bertz CT molecular complexity index is 556. The van der Waals surface area contributed by atoms with Crippen molar-refractivity contribution < 1.29 is 19.1 Å². The first-order valence-electron chi connectivity index (χ1n) is 7.02. The average Bonchev–Trinajstić information content (AvgIpc) is 2.55. The smallest absolute Gasteiger partial charge is 0.320 e. The second kappa shape index (κ2) is 10.6. The number of anilines is 1. The molecule has 1 aromatic rings. The van der Waals surface area contributed by atoms with E-state index >= 15 is 0 Å². The standard InChI is InChI=1S/C16H17N3O4/c17-8-6-15(20)22-12-10-19(14-4-2-1-3-5-14)11-13-23-16(21)7-9-18/h1-5H,6-7,10-13H2. The molecule has 0 unspecified atom stereocenters. The molecule has 0 bridgehead atoms. The summed E-state index contributed by atoms with van der Waals surface area (Å²) in [6, 6.07) is 12.8. The number of esters is 2. The molecular weight excluding hydrogens is 298 g/mol. The van der Waals surface area contributed by atoms with E-state index in [1.807, 2.05) is 35.2 Å². The fourth-order valence-corrected chi connectivity index (χ4v) is 1.78. The Labute approximate surface area is 134 Å². The molecule has 0 aliphatic rings. The van der Waals surface area contributed by atoms with Crippen LogP contribution in [0.2, 0.25) is 0 Å². The summed E-state index contributed by atoms with van der Waals surface area (Å²) in [6.07, 6.45) is -0.561. The first-order chi connectivity index (χ1) is 11.2. The van der Waals surface area contributed by atoms with Crippen LogP contribution in [0, 0.1) is 22.7 Å². The quantitative estimate of drug-likeness (QED) is 0.634. The van der Waals surface area contributed by atoms with E-state index in [0.717, 1.165) is 5.69 Å². The van der Waals surface area contributed by atoms with Gasteiger partial charge < -0.3 is 14.4 Å². The van der Waals surface area contributed by atoms with Gasteiger partial charge in [-0.1, -0.05) is 18.2 Å². The summed E-state index contributed by atoms with van der Waals surface area (Å²) in [5.41, 5.74) is 0.889. The third kappa shape index (κ3) is 7.49. The monoisotopic (exact) mass is 315 g/mol. The summed E-state index contributed by atoms with van der Waals surface area (Å²) >= 11 is 0. The van der Waals surface area contributed by atoms with E-state index in [9.17, 15) is 9.59 Å². The molecule has 0 radical (unpaired) electrons. The van der Waals surface area contributed by atoms with Gasteiger partial charge in [0.15, 0.2) is 0 Å². The molecule has 0 amide bonds. The topological polar surface area (TPSA) is 103 Å². The molecule has 7 nitrogen and oxygen atoms in total. The summed E-state index contributed by atoms with van der Waals surface area (Å²) < 4.78 is 9.89. The number of nitrogens with zero attached hydrogens (tertiary/aromatic N) is 3. The lowest BCUT2D eigenvalue weighted by Crippen LogP contribution is -2.32. The first kappa shape index (κ1) is 18.0. The number of hydrogen-bond donors (Lipinski definition) is 0. The van der Waals surface area contributed by atoms with Gasteiger partial charge in [0.2, 0.25) is 0 Å². The summed E-state index contributed by atoms with van der Waals surface area (Å²) in [7, 11) is 0. The predicted molar refractivity (Wildman–Crippen MR) is 81.0 cm³/mol. The number of rotatable bonds is 9. The Hall–Kier alpha value is -3.06. The van der Waals surface area contributed by atoms with Gasteiger partial charge >= 0.3 is 11.9 Å². The Morgan fingerprint density at radius 1 is 0.913 bits per heavy atom. The van der Waals surface area contributed by atoms with Gasteiger partial charge in [0, 0.05) is 5.69 Å². The summed E-state index contributed by atoms with van der Waals surface area (Å²) in [6.45, 7) is 1.05. The zero-order valence-electron chi connectivity index (χ0n) is 12.6. The zero-order valence-corrected chi connectivity index (χ0v) is 12.6. The van der Waals surface area contributed by atoms with Crippen LogP contribution in [0.25, 0.3) is 0 Å². The number of hydrogen-bond acceptors (Lipinski definition) is 7. The van der Waals surface area contributed by atoms with Gasteiger partial charge in [-0.2, -0.15) is 10.5 Å². The van der Waals surface area contributed by atoms with Crippen LogP contribution < -0.4 is 4.90 Å². The third-order valence-corrected chi connectivity index (χ3v) is 2.82. The molecule has 23 heavy (non-hydrogen) atoms. The van der Waals surface area contributed by atoms with E-state index in [-0.39, 0.29) is 26.1 Å². The normalized spacial score (nSPS) is 9.30. The van der Waals surface area contributed by atoms with Gasteiger partial charge in [-0.05, 0) is 12.1 Å². The van der Waals surface area contributed by atoms with Gasteiger partial charge in [-0.15, -0.1) is 0 Å². The van der Waals surface area contributed by atoms with Gasteiger partial charge in [0.25, 0.3) is 0 Å². The van der Waals surface area contributed by atoms with Crippen molar-refractivity contribution in [1.82, 2.24) is 0 Å². The highest BCUT2D eigenvalue weighted by molar-refractivity contribution is 5.72. The number of benzene rings is 1. The van der Waals surface area contributed by atoms with Crippen LogP contribution in [-0.4, -0.2) is 38.2 Å². The Morgan fingerprint density at radius 2 is 1.39 bits per heavy atom. The molecular formula is C16H17N3O4. The van der Waals surface area contributed by atoms with Crippen LogP contribution >= 0.6 is 0 Å². The number of carbonyl (C=O) groups excluding carboxylic acids is 2. The molecule has 0 N–H and O–H groups in total. The minimum Gasteiger partial charge on any atom is -0.463 e. The fraction of sp³-hybridized carbons (Fsp3) is 0.375. The maximum Gasteiger partial charge on any atom is 0.320 e. The second-order valence-corrected chi connectivity index (χ2v) is 4.43. The van der Waals surface area contributed by atoms with Crippen LogP contribution in [0.1, 0.15) is 12.8 Å². The van der Waals surface area contributed by atoms with Crippen LogP contribution in [0.3, 0.4) is 0 Å². The van der Waals surface area contributed by atoms with Gasteiger partial charge in [0.05, 0.1) is 25.2 Å². The molecule has 0 aliphatic heterocycles. The molecule has 1 aromatic carbocycles. The molecule has 0 saturated carbocycles. The largest absolute Gasteiger partial charge is 0.463 e. The molecule has 1 rings (SSSR count). The van der Waals surface area contributed by atoms with Gasteiger partial charge in [-0.3, -0.25) is 9.59 Å². The SMILES string of the molecule is N#CCC(=O)OCCN(CCOC(=O)CC#N)c1ccccc1. The molecule has 0 atom stereocenters. The fourth-order valence-electron chi connectivity index (χ4n) is 1.78. The average molecular weight is 315 g/mol. The van der Waals surface area contributed by atoms with E-state index < -0.39 is 11.9 Å². The predicted octanol–water partition coefficient (Wildman–Crippen LogP) is 1.41. The lowest BCUT2D eigenvalue weighted by molar-refractivity contribution is -0.142. The van der Waals surface area contributed by atoms with Crippen molar-refractivity contribution in [2.75, 3.05) is 31.2 Å². The lowest BCUT2D eigenvalue weighted by atomic mass is 10.3. The molecule has 0 fully saturated rings. The Kier molecular flexibility index (Phi) is 8.32. The highest BCUT2D eigenvalue weighted by atomic mass is 16.5. The number of carbonyl (C=O) groups is 2. The van der Waals surface area contributed by atoms with Crippen molar-refractivity contribution in [2.45, 2.75) is 12.8 Å². The van der Waals surface area contributed by atoms with Crippen molar-refractivity contribution in [2.24, 2.45) is 0 Å². The molecule has 0 aliphatic carbocycles. The molecule has 0 spiro atoms. The van der Waals surface area contributed by atoms with Crippen LogP contribution in [0.15, 0.2) is 30.3 Å². The van der Waals surface area contributed by atoms with Crippen LogP contribution in [-0.2, 0) is 19.1 Å². The maximum atomic E-state index is 11.2. The third-order valence-electron chi connectivity index (χ3n) is 2.82. The summed E-state index contributed by atoms with van der Waals surface area (Å²) in [4.78, 5) is 24.2. The van der Waals surface area contributed by atoms with Crippen molar-refractivity contribution in [1.29, 1.82) is 10.5 Å². The highest BCUT2D eigenvalue weighted by Crippen LogP contribution is 2.12. The van der Waals surface area contributed by atoms with E-state index in [2.05, 4.69) is 0 Å². The molecule has 0 saturated heterocycles. The van der Waals surface area contributed by atoms with Crippen molar-refractivity contribution in [3.8, 4) is 12.1 Å². The molecule has 0 heterocycles. The second-order valence-electron chi connectivity index (χ2n) is 4.43. The van der Waals surface area contributed by atoms with Crippen molar-refractivity contribution >= 4 is 17.6 Å². The van der Waals surface area contributed by atoms with E-state index in [1.165, 1.54) is 0 Å². The molecule has 0 aromatic heterocycles. The number of para-hydroxylation sites is 1. The van der Waals surface area contributed by atoms with E-state index in [4.69, 9.17) is 20.0 Å². The van der Waals surface area contributed by atoms with Gasteiger partial charge in [-0.25, -0.2) is 0 Å². The van der Waals surface area contributed by atoms with Gasteiger partial charge in [0.1, 0.15) is 26.1 Å². The minimum absolute atomic E-state index is 0.127. The zero-order chi connectivity index (χ0) is 16.9.